The van der Waals surface area contributed by atoms with Gasteiger partial charge in [-0.1, -0.05) is 0 Å². The molecule has 0 saturated heterocycles. The van der Waals surface area contributed by atoms with Gasteiger partial charge in [0.1, 0.15) is 11.6 Å². The first kappa shape index (κ1) is 16.1. The predicted octanol–water partition coefficient (Wildman–Crippen LogP) is 3.61. The highest BCUT2D eigenvalue weighted by molar-refractivity contribution is 5.87. The Morgan fingerprint density at radius 1 is 1.12 bits per heavy atom. The molecule has 0 amide bonds. The Bertz CT molecular complexity index is 1130. The molecule has 0 bridgehead atoms. The minimum atomic E-state index is -0.339. The van der Waals surface area contributed by atoms with E-state index in [9.17, 15) is 4.39 Å². The summed E-state index contributed by atoms with van der Waals surface area (Å²) < 4.78 is 20.7. The summed E-state index contributed by atoms with van der Waals surface area (Å²) in [6, 6.07) is 6.23. The van der Waals surface area contributed by atoms with Crippen molar-refractivity contribution in [1.82, 2.24) is 24.6 Å². The van der Waals surface area contributed by atoms with Crippen molar-refractivity contribution in [3.05, 3.63) is 59.2 Å². The number of rotatable bonds is 3. The van der Waals surface area contributed by atoms with Gasteiger partial charge < -0.3 is 4.74 Å². The number of aryl methyl sites for hydroxylation is 2. The first-order valence-electron chi connectivity index (χ1n) is 8.06. The van der Waals surface area contributed by atoms with Gasteiger partial charge in [-0.2, -0.15) is 0 Å². The molecule has 7 heteroatoms. The average molecular weight is 349 g/mol. The number of aromatic nitrogens is 5. The highest BCUT2D eigenvalue weighted by atomic mass is 19.1. The summed E-state index contributed by atoms with van der Waals surface area (Å²) in [5.41, 5.74) is 3.59. The Morgan fingerprint density at radius 3 is 2.73 bits per heavy atom. The second kappa shape index (κ2) is 6.18. The Balaban J connectivity index is 1.77. The van der Waals surface area contributed by atoms with Crippen molar-refractivity contribution >= 4 is 28.7 Å². The van der Waals surface area contributed by atoms with Gasteiger partial charge in [0.15, 0.2) is 11.5 Å². The third kappa shape index (κ3) is 2.77. The van der Waals surface area contributed by atoms with E-state index in [1.165, 1.54) is 12.1 Å². The monoisotopic (exact) mass is 349 g/mol. The first-order valence-corrected chi connectivity index (χ1v) is 8.06. The van der Waals surface area contributed by atoms with Crippen LogP contribution in [0.15, 0.2) is 30.5 Å². The minimum absolute atomic E-state index is 0.339. The minimum Gasteiger partial charge on any atom is -0.496 e. The number of pyridine rings is 1. The summed E-state index contributed by atoms with van der Waals surface area (Å²) in [7, 11) is 1.58. The maximum Gasteiger partial charge on any atom is 0.177 e. The van der Waals surface area contributed by atoms with E-state index in [0.717, 1.165) is 22.4 Å². The molecule has 0 spiro atoms. The quantitative estimate of drug-likeness (QED) is 0.565. The summed E-state index contributed by atoms with van der Waals surface area (Å²) >= 11 is 0. The molecule has 6 nitrogen and oxygen atoms in total. The molecule has 0 saturated carbocycles. The van der Waals surface area contributed by atoms with E-state index in [4.69, 9.17) is 4.74 Å². The second-order valence-electron chi connectivity index (χ2n) is 5.93. The summed E-state index contributed by atoms with van der Waals surface area (Å²) in [6.45, 7) is 3.81. The number of halogens is 1. The highest BCUT2D eigenvalue weighted by Crippen LogP contribution is 2.26. The number of nitrogens with zero attached hydrogens (tertiary/aromatic N) is 5. The molecule has 0 fully saturated rings. The normalized spacial score (nSPS) is 11.7. The van der Waals surface area contributed by atoms with E-state index in [-0.39, 0.29) is 5.82 Å². The van der Waals surface area contributed by atoms with Gasteiger partial charge in [-0.25, -0.2) is 18.9 Å². The van der Waals surface area contributed by atoms with E-state index in [0.29, 0.717) is 22.8 Å². The van der Waals surface area contributed by atoms with Gasteiger partial charge in [0.05, 0.1) is 29.7 Å². The standard InChI is InChI=1S/C19H16FN5O/c1-11-10-21-12(2)19-23-18(24-25(11)19)7-5-14-9-17(26-3)15-6-4-13(20)8-16(15)22-14/h4-10H,1-3H3. The van der Waals surface area contributed by atoms with Crippen molar-refractivity contribution in [3.63, 3.8) is 0 Å². The van der Waals surface area contributed by atoms with Gasteiger partial charge in [0.25, 0.3) is 0 Å². The lowest BCUT2D eigenvalue weighted by atomic mass is 10.1. The highest BCUT2D eigenvalue weighted by Gasteiger charge is 2.08. The van der Waals surface area contributed by atoms with Gasteiger partial charge in [-0.3, -0.25) is 4.98 Å². The van der Waals surface area contributed by atoms with Crippen LogP contribution in [0, 0.1) is 19.7 Å². The van der Waals surface area contributed by atoms with Crippen LogP contribution in [-0.2, 0) is 0 Å². The van der Waals surface area contributed by atoms with Gasteiger partial charge in [0.2, 0.25) is 0 Å². The second-order valence-corrected chi connectivity index (χ2v) is 5.93. The first-order chi connectivity index (χ1) is 12.5. The lowest BCUT2D eigenvalue weighted by Crippen LogP contribution is -1.97. The fourth-order valence-electron chi connectivity index (χ4n) is 2.78. The van der Waals surface area contributed by atoms with Crippen LogP contribution in [0.4, 0.5) is 4.39 Å². The van der Waals surface area contributed by atoms with Crippen molar-refractivity contribution in [1.29, 1.82) is 0 Å². The molecule has 0 aliphatic rings. The third-order valence-corrected chi connectivity index (χ3v) is 4.10. The van der Waals surface area contributed by atoms with Crippen molar-refractivity contribution in [2.75, 3.05) is 7.11 Å². The van der Waals surface area contributed by atoms with Gasteiger partial charge >= 0.3 is 0 Å². The summed E-state index contributed by atoms with van der Waals surface area (Å²) in [5, 5.41) is 5.23. The maximum absolute atomic E-state index is 13.5. The zero-order chi connectivity index (χ0) is 18.3. The van der Waals surface area contributed by atoms with Crippen LogP contribution in [0.1, 0.15) is 22.9 Å². The number of ether oxygens (including phenoxy) is 1. The molecule has 0 aliphatic heterocycles. The Labute approximate surface area is 149 Å². The Morgan fingerprint density at radius 2 is 1.96 bits per heavy atom. The molecule has 0 radical (unpaired) electrons. The molecule has 3 heterocycles. The molecular formula is C19H16FN5O. The Hall–Kier alpha value is -3.35. The van der Waals surface area contributed by atoms with Gasteiger partial charge in [-0.15, -0.1) is 5.10 Å². The van der Waals surface area contributed by atoms with Crippen molar-refractivity contribution in [2.24, 2.45) is 0 Å². The van der Waals surface area contributed by atoms with Gasteiger partial charge in [-0.05, 0) is 38.1 Å². The fourth-order valence-corrected chi connectivity index (χ4v) is 2.78. The molecule has 1 aromatic carbocycles. The summed E-state index contributed by atoms with van der Waals surface area (Å²) in [6.07, 6.45) is 5.30. The van der Waals surface area contributed by atoms with Crippen LogP contribution >= 0.6 is 0 Å². The number of benzene rings is 1. The SMILES string of the molecule is COc1cc(C=Cc2nc3c(C)ncc(C)n3n2)nc2cc(F)ccc12. The van der Waals surface area contributed by atoms with Crippen molar-refractivity contribution < 1.29 is 9.13 Å². The molecule has 0 aliphatic carbocycles. The molecule has 0 N–H and O–H groups in total. The summed E-state index contributed by atoms with van der Waals surface area (Å²) in [5.74, 6) is 0.839. The molecule has 0 atom stereocenters. The number of methoxy groups -OCH3 is 1. The van der Waals surface area contributed by atoms with Crippen molar-refractivity contribution in [3.8, 4) is 5.75 Å². The van der Waals surface area contributed by atoms with E-state index in [2.05, 4.69) is 20.1 Å². The molecule has 3 aromatic heterocycles. The van der Waals surface area contributed by atoms with E-state index in [1.807, 2.05) is 13.8 Å². The van der Waals surface area contributed by atoms with Crippen LogP contribution in [0.2, 0.25) is 0 Å². The van der Waals surface area contributed by atoms with Crippen LogP contribution < -0.4 is 4.74 Å². The maximum atomic E-state index is 13.5. The zero-order valence-electron chi connectivity index (χ0n) is 14.6. The molecular weight excluding hydrogens is 333 g/mol. The van der Waals surface area contributed by atoms with Crippen molar-refractivity contribution in [2.45, 2.75) is 13.8 Å². The number of fused-ring (bicyclic) bond motifs is 2. The Kier molecular flexibility index (Phi) is 3.84. The van der Waals surface area contributed by atoms with Crippen LogP contribution in [0.25, 0.3) is 28.7 Å². The van der Waals surface area contributed by atoms with Crippen LogP contribution in [0.3, 0.4) is 0 Å². The smallest absolute Gasteiger partial charge is 0.177 e. The molecule has 130 valence electrons. The van der Waals surface area contributed by atoms with Crippen LogP contribution in [-0.4, -0.2) is 31.7 Å². The fraction of sp³-hybridized carbons (Fsp3) is 0.158. The molecule has 26 heavy (non-hydrogen) atoms. The topological polar surface area (TPSA) is 65.2 Å². The number of hydrogen-bond donors (Lipinski definition) is 0. The number of hydrogen-bond acceptors (Lipinski definition) is 5. The summed E-state index contributed by atoms with van der Waals surface area (Å²) in [4.78, 5) is 13.2. The van der Waals surface area contributed by atoms with Gasteiger partial charge in [0, 0.05) is 23.7 Å². The molecule has 0 unspecified atom stereocenters. The third-order valence-electron chi connectivity index (χ3n) is 4.10. The molecule has 4 rings (SSSR count). The lowest BCUT2D eigenvalue weighted by Gasteiger charge is -2.06. The zero-order valence-corrected chi connectivity index (χ0v) is 14.6. The van der Waals surface area contributed by atoms with E-state index < -0.39 is 0 Å². The lowest BCUT2D eigenvalue weighted by molar-refractivity contribution is 0.419. The predicted molar refractivity (Wildman–Crippen MR) is 97.4 cm³/mol. The largest absolute Gasteiger partial charge is 0.496 e. The molecule has 4 aromatic rings. The van der Waals surface area contributed by atoms with E-state index in [1.54, 1.807) is 42.1 Å². The average Bonchev–Trinajstić information content (AvgIpc) is 3.07. The van der Waals surface area contributed by atoms with E-state index >= 15 is 0 Å². The van der Waals surface area contributed by atoms with Crippen LogP contribution in [0.5, 0.6) is 5.75 Å².